The van der Waals surface area contributed by atoms with E-state index in [1.54, 1.807) is 0 Å². The molecule has 0 fully saturated rings. The summed E-state index contributed by atoms with van der Waals surface area (Å²) in [6, 6.07) is 5.52. The Morgan fingerprint density at radius 3 is 2.25 bits per heavy atom. The Kier molecular flexibility index (Phi) is 3.98. The zero-order chi connectivity index (χ0) is 12.2. The second-order valence-corrected chi connectivity index (χ2v) is 4.54. The summed E-state index contributed by atoms with van der Waals surface area (Å²) in [6.45, 7) is 1.88. The van der Waals surface area contributed by atoms with Crippen molar-refractivity contribution < 1.29 is 17.8 Å². The summed E-state index contributed by atoms with van der Waals surface area (Å²) >= 11 is 0. The quantitative estimate of drug-likeness (QED) is 0.454. The first-order chi connectivity index (χ1) is 7.49. The van der Waals surface area contributed by atoms with Crippen molar-refractivity contribution in [3.63, 3.8) is 0 Å². The third-order valence-corrected chi connectivity index (χ3v) is 3.01. The molecular weight excluding hydrogens is 228 g/mol. The van der Waals surface area contributed by atoms with Crippen LogP contribution in [-0.2, 0) is 14.9 Å². The summed E-state index contributed by atoms with van der Waals surface area (Å²) in [4.78, 5) is 10.1. The molecule has 0 aliphatic rings. The molecule has 0 unspecified atom stereocenters. The molecule has 0 radical (unpaired) electrons. The van der Waals surface area contributed by atoms with E-state index in [0.717, 1.165) is 11.1 Å². The first-order valence-corrected chi connectivity index (χ1v) is 6.10. The van der Waals surface area contributed by atoms with Crippen LogP contribution >= 0.6 is 0 Å². The van der Waals surface area contributed by atoms with Crippen molar-refractivity contribution in [3.05, 3.63) is 35.9 Å². The Hall–Kier alpha value is -1.46. The standard InChI is InChI=1S/C11H12O4S/c1-2-9(7-8-12)10-3-5-11(6-4-10)16(13,14)15/h3-8H,2H2,1H3,(H,13,14,15)/p-1/b9-7-. The zero-order valence-electron chi connectivity index (χ0n) is 8.71. The van der Waals surface area contributed by atoms with E-state index in [1.807, 2.05) is 6.92 Å². The predicted molar refractivity (Wildman–Crippen MR) is 58.7 cm³/mol. The minimum Gasteiger partial charge on any atom is -0.744 e. The van der Waals surface area contributed by atoms with Crippen molar-refractivity contribution in [1.29, 1.82) is 0 Å². The lowest BCUT2D eigenvalue weighted by atomic mass is 10.0. The summed E-state index contributed by atoms with van der Waals surface area (Å²) in [5.74, 6) is 0. The van der Waals surface area contributed by atoms with Crippen molar-refractivity contribution in [2.45, 2.75) is 18.2 Å². The Labute approximate surface area is 94.4 Å². The van der Waals surface area contributed by atoms with Crippen LogP contribution in [0.4, 0.5) is 0 Å². The van der Waals surface area contributed by atoms with Crippen molar-refractivity contribution in [2.75, 3.05) is 0 Å². The van der Waals surface area contributed by atoms with E-state index in [1.165, 1.54) is 30.3 Å². The van der Waals surface area contributed by atoms with Crippen molar-refractivity contribution in [2.24, 2.45) is 0 Å². The van der Waals surface area contributed by atoms with Crippen LogP contribution in [0.1, 0.15) is 18.9 Å². The summed E-state index contributed by atoms with van der Waals surface area (Å²) in [7, 11) is -4.40. The van der Waals surface area contributed by atoms with Crippen LogP contribution in [0.2, 0.25) is 0 Å². The fourth-order valence-corrected chi connectivity index (χ4v) is 1.81. The molecule has 0 bridgehead atoms. The fourth-order valence-electron chi connectivity index (χ4n) is 1.34. The lowest BCUT2D eigenvalue weighted by Crippen LogP contribution is -1.98. The molecule has 0 N–H and O–H groups in total. The Morgan fingerprint density at radius 1 is 1.31 bits per heavy atom. The Balaban J connectivity index is 3.13. The van der Waals surface area contributed by atoms with Gasteiger partial charge in [-0.15, -0.1) is 0 Å². The van der Waals surface area contributed by atoms with Gasteiger partial charge in [-0.05, 0) is 35.8 Å². The van der Waals surface area contributed by atoms with Crippen molar-refractivity contribution in [3.8, 4) is 0 Å². The van der Waals surface area contributed by atoms with Crippen LogP contribution in [0.25, 0.3) is 5.57 Å². The number of benzene rings is 1. The highest BCUT2D eigenvalue weighted by atomic mass is 32.2. The third-order valence-electron chi connectivity index (χ3n) is 2.16. The maximum Gasteiger partial charge on any atom is 0.143 e. The van der Waals surface area contributed by atoms with Gasteiger partial charge in [0.05, 0.1) is 4.90 Å². The molecule has 1 rings (SSSR count). The largest absolute Gasteiger partial charge is 0.744 e. The predicted octanol–water partition coefficient (Wildman–Crippen LogP) is 1.58. The number of hydrogen-bond donors (Lipinski definition) is 0. The summed E-state index contributed by atoms with van der Waals surface area (Å²) < 4.78 is 32.0. The minimum absolute atomic E-state index is 0.266. The maximum atomic E-state index is 10.7. The van der Waals surface area contributed by atoms with Gasteiger partial charge in [-0.3, -0.25) is 4.79 Å². The molecule has 1 aromatic rings. The molecule has 0 spiro atoms. The number of rotatable bonds is 4. The number of carbonyl (C=O) groups excluding carboxylic acids is 1. The number of carbonyl (C=O) groups is 1. The molecule has 16 heavy (non-hydrogen) atoms. The fraction of sp³-hybridized carbons (Fsp3) is 0.182. The Bertz CT molecular complexity index is 497. The maximum absolute atomic E-state index is 10.7. The molecule has 0 saturated carbocycles. The van der Waals surface area contributed by atoms with E-state index in [2.05, 4.69) is 0 Å². The highest BCUT2D eigenvalue weighted by molar-refractivity contribution is 7.85. The lowest BCUT2D eigenvalue weighted by Gasteiger charge is -2.08. The molecule has 0 atom stereocenters. The highest BCUT2D eigenvalue weighted by Gasteiger charge is 2.03. The van der Waals surface area contributed by atoms with Gasteiger partial charge >= 0.3 is 0 Å². The second kappa shape index (κ2) is 5.05. The molecule has 86 valence electrons. The van der Waals surface area contributed by atoms with Gasteiger partial charge in [0, 0.05) is 0 Å². The molecule has 0 heterocycles. The van der Waals surface area contributed by atoms with Gasteiger partial charge in [0.15, 0.2) is 0 Å². The molecule has 0 aliphatic heterocycles. The first-order valence-electron chi connectivity index (χ1n) is 4.69. The molecule has 4 nitrogen and oxygen atoms in total. The lowest BCUT2D eigenvalue weighted by molar-refractivity contribution is -0.104. The monoisotopic (exact) mass is 239 g/mol. The second-order valence-electron chi connectivity index (χ2n) is 3.16. The van der Waals surface area contributed by atoms with E-state index in [9.17, 15) is 17.8 Å². The first kappa shape index (κ1) is 12.6. The number of aldehydes is 1. The molecule has 0 amide bonds. The van der Waals surface area contributed by atoms with E-state index in [-0.39, 0.29) is 4.90 Å². The number of hydrogen-bond acceptors (Lipinski definition) is 4. The van der Waals surface area contributed by atoms with Crippen molar-refractivity contribution >= 4 is 22.0 Å². The molecule has 5 heteroatoms. The van der Waals surface area contributed by atoms with Gasteiger partial charge in [0.25, 0.3) is 0 Å². The topological polar surface area (TPSA) is 74.3 Å². The summed E-state index contributed by atoms with van der Waals surface area (Å²) in [5.41, 5.74) is 1.53. The third kappa shape index (κ3) is 3.01. The van der Waals surface area contributed by atoms with Gasteiger partial charge in [0.1, 0.15) is 16.4 Å². The minimum atomic E-state index is -4.40. The molecular formula is C11H11O4S-. The smallest absolute Gasteiger partial charge is 0.143 e. The average molecular weight is 239 g/mol. The van der Waals surface area contributed by atoms with Crippen LogP contribution in [-0.4, -0.2) is 19.3 Å². The van der Waals surface area contributed by atoms with Gasteiger partial charge < -0.3 is 4.55 Å². The van der Waals surface area contributed by atoms with Gasteiger partial charge in [-0.1, -0.05) is 19.1 Å². The van der Waals surface area contributed by atoms with Gasteiger partial charge in [-0.2, -0.15) is 0 Å². The van der Waals surface area contributed by atoms with Crippen LogP contribution < -0.4 is 0 Å². The molecule has 1 aromatic carbocycles. The highest BCUT2D eigenvalue weighted by Crippen LogP contribution is 2.19. The summed E-state index contributed by atoms with van der Waals surface area (Å²) in [5, 5.41) is 0. The summed E-state index contributed by atoms with van der Waals surface area (Å²) in [6.07, 6.45) is 2.75. The van der Waals surface area contributed by atoms with Crippen LogP contribution in [0.15, 0.2) is 35.2 Å². The number of allylic oxidation sites excluding steroid dienone is 2. The molecule has 0 saturated heterocycles. The van der Waals surface area contributed by atoms with Crippen LogP contribution in [0.5, 0.6) is 0 Å². The van der Waals surface area contributed by atoms with Crippen LogP contribution in [0, 0.1) is 0 Å². The molecule has 0 aliphatic carbocycles. The van der Waals surface area contributed by atoms with Gasteiger partial charge in [0.2, 0.25) is 0 Å². The Morgan fingerprint density at radius 2 is 1.88 bits per heavy atom. The average Bonchev–Trinajstić information content (AvgIpc) is 2.25. The van der Waals surface area contributed by atoms with E-state index in [4.69, 9.17) is 0 Å². The zero-order valence-corrected chi connectivity index (χ0v) is 9.53. The SMILES string of the molecule is CC/C(=C/C=O)c1ccc(S(=O)(=O)[O-])cc1. The van der Waals surface area contributed by atoms with E-state index < -0.39 is 10.1 Å². The van der Waals surface area contributed by atoms with E-state index in [0.29, 0.717) is 12.7 Å². The van der Waals surface area contributed by atoms with Crippen LogP contribution in [0.3, 0.4) is 0 Å². The molecule has 0 aromatic heterocycles. The normalized spacial score (nSPS) is 12.5. The van der Waals surface area contributed by atoms with Gasteiger partial charge in [-0.25, -0.2) is 8.42 Å². The van der Waals surface area contributed by atoms with E-state index >= 15 is 0 Å². The van der Waals surface area contributed by atoms with Crippen molar-refractivity contribution in [1.82, 2.24) is 0 Å².